The van der Waals surface area contributed by atoms with Gasteiger partial charge in [0.2, 0.25) is 0 Å². The van der Waals surface area contributed by atoms with Crippen LogP contribution in [0.2, 0.25) is 0 Å². The first kappa shape index (κ1) is 18.1. The van der Waals surface area contributed by atoms with Crippen LogP contribution in [-0.4, -0.2) is 25.9 Å². The Bertz CT molecular complexity index is 760. The van der Waals surface area contributed by atoms with Crippen LogP contribution in [0, 0.1) is 11.7 Å². The number of benzene rings is 2. The maximum absolute atomic E-state index is 14.5. The SMILES string of the molecule is Fc1ccc(Br)cc1[C@]12CO[C@@H](COCc3ccccc3)C[C@H]1CON2. The second-order valence-corrected chi connectivity index (χ2v) is 7.79. The van der Waals surface area contributed by atoms with Gasteiger partial charge in [0.15, 0.2) is 0 Å². The largest absolute Gasteiger partial charge is 0.374 e. The summed E-state index contributed by atoms with van der Waals surface area (Å²) in [5, 5.41) is 0. The second kappa shape index (κ2) is 7.74. The quantitative estimate of drug-likeness (QED) is 0.793. The topological polar surface area (TPSA) is 39.7 Å². The van der Waals surface area contributed by atoms with E-state index >= 15 is 0 Å². The lowest BCUT2D eigenvalue weighted by Crippen LogP contribution is -2.52. The van der Waals surface area contributed by atoms with Gasteiger partial charge < -0.3 is 14.3 Å². The van der Waals surface area contributed by atoms with Crippen LogP contribution < -0.4 is 5.48 Å². The first-order valence-corrected chi connectivity index (χ1v) is 9.54. The molecule has 2 aliphatic heterocycles. The van der Waals surface area contributed by atoms with Gasteiger partial charge in [-0.15, -0.1) is 0 Å². The van der Waals surface area contributed by atoms with Crippen LogP contribution in [-0.2, 0) is 26.5 Å². The first-order chi connectivity index (χ1) is 12.7. The molecule has 0 saturated carbocycles. The highest BCUT2D eigenvalue weighted by Crippen LogP contribution is 2.43. The summed E-state index contributed by atoms with van der Waals surface area (Å²) in [6.07, 6.45) is 0.740. The highest BCUT2D eigenvalue weighted by molar-refractivity contribution is 9.10. The van der Waals surface area contributed by atoms with E-state index in [0.29, 0.717) is 32.0 Å². The minimum atomic E-state index is -0.649. The molecule has 4 nitrogen and oxygen atoms in total. The minimum Gasteiger partial charge on any atom is -0.374 e. The van der Waals surface area contributed by atoms with E-state index in [2.05, 4.69) is 21.4 Å². The lowest BCUT2D eigenvalue weighted by molar-refractivity contribution is -0.0996. The van der Waals surface area contributed by atoms with Gasteiger partial charge in [-0.1, -0.05) is 46.3 Å². The number of hydrogen-bond acceptors (Lipinski definition) is 4. The van der Waals surface area contributed by atoms with E-state index in [1.807, 2.05) is 30.3 Å². The summed E-state index contributed by atoms with van der Waals surface area (Å²) in [6.45, 7) is 1.96. The van der Waals surface area contributed by atoms with E-state index in [1.54, 1.807) is 12.1 Å². The van der Waals surface area contributed by atoms with Gasteiger partial charge in [-0.2, -0.15) is 5.48 Å². The number of hydroxylamine groups is 1. The standard InChI is InChI=1S/C20H21BrFNO3/c21-16-6-7-19(22)18(9-16)20-13-25-17(8-15(20)11-26-23-20)12-24-10-14-4-2-1-3-5-14/h1-7,9,15,17,23H,8,10-13H2/t15-,17+,20-/m0/s1. The van der Waals surface area contributed by atoms with E-state index in [9.17, 15) is 4.39 Å². The zero-order valence-corrected chi connectivity index (χ0v) is 15.9. The van der Waals surface area contributed by atoms with Crippen molar-refractivity contribution in [3.63, 3.8) is 0 Å². The zero-order valence-electron chi connectivity index (χ0n) is 14.3. The Hall–Kier alpha value is -1.31. The summed E-state index contributed by atoms with van der Waals surface area (Å²) in [5.41, 5.74) is 4.10. The second-order valence-electron chi connectivity index (χ2n) is 6.87. The van der Waals surface area contributed by atoms with Crippen LogP contribution in [0.1, 0.15) is 17.5 Å². The molecule has 0 radical (unpaired) electrons. The highest BCUT2D eigenvalue weighted by Gasteiger charge is 2.51. The number of nitrogens with one attached hydrogen (secondary N) is 1. The maximum atomic E-state index is 14.5. The van der Waals surface area contributed by atoms with Gasteiger partial charge in [0.25, 0.3) is 0 Å². The molecular weight excluding hydrogens is 401 g/mol. The Balaban J connectivity index is 1.41. The van der Waals surface area contributed by atoms with Gasteiger partial charge in [-0.3, -0.25) is 0 Å². The Morgan fingerprint density at radius 3 is 2.92 bits per heavy atom. The number of hydrogen-bond donors (Lipinski definition) is 1. The van der Waals surface area contributed by atoms with Crippen LogP contribution in [0.5, 0.6) is 0 Å². The number of fused-ring (bicyclic) bond motifs is 1. The van der Waals surface area contributed by atoms with Gasteiger partial charge in [0, 0.05) is 16.0 Å². The molecule has 0 aromatic heterocycles. The van der Waals surface area contributed by atoms with Crippen molar-refractivity contribution in [2.45, 2.75) is 24.7 Å². The van der Waals surface area contributed by atoms with Crippen molar-refractivity contribution in [1.82, 2.24) is 5.48 Å². The first-order valence-electron chi connectivity index (χ1n) is 8.75. The molecule has 6 heteroatoms. The number of rotatable bonds is 5. The van der Waals surface area contributed by atoms with Gasteiger partial charge in [0.05, 0.1) is 38.1 Å². The molecule has 2 fully saturated rings. The summed E-state index contributed by atoms with van der Waals surface area (Å²) in [5.74, 6) is -0.121. The van der Waals surface area contributed by atoms with Crippen LogP contribution in [0.25, 0.3) is 0 Å². The van der Waals surface area contributed by atoms with Gasteiger partial charge in [0.1, 0.15) is 5.82 Å². The lowest BCUT2D eigenvalue weighted by Gasteiger charge is -2.41. The monoisotopic (exact) mass is 421 g/mol. The fourth-order valence-electron chi connectivity index (χ4n) is 3.74. The van der Waals surface area contributed by atoms with E-state index in [-0.39, 0.29) is 17.8 Å². The van der Waals surface area contributed by atoms with E-state index in [1.165, 1.54) is 6.07 Å². The van der Waals surface area contributed by atoms with Crippen molar-refractivity contribution in [2.75, 3.05) is 19.8 Å². The molecule has 0 spiro atoms. The third-order valence-corrected chi connectivity index (χ3v) is 5.65. The molecule has 26 heavy (non-hydrogen) atoms. The average Bonchev–Trinajstić information content (AvgIpc) is 3.09. The molecule has 2 aromatic rings. The lowest BCUT2D eigenvalue weighted by atomic mass is 9.75. The Morgan fingerprint density at radius 1 is 1.23 bits per heavy atom. The summed E-state index contributed by atoms with van der Waals surface area (Å²) in [7, 11) is 0. The molecule has 2 aliphatic rings. The smallest absolute Gasteiger partial charge is 0.128 e. The van der Waals surface area contributed by atoms with Crippen molar-refractivity contribution in [3.05, 3.63) is 69.9 Å². The molecule has 2 aromatic carbocycles. The zero-order chi connectivity index (χ0) is 18.0. The van der Waals surface area contributed by atoms with Crippen LogP contribution >= 0.6 is 15.9 Å². The predicted octanol–water partition coefficient (Wildman–Crippen LogP) is 3.94. The molecule has 3 atom stereocenters. The van der Waals surface area contributed by atoms with Gasteiger partial charge in [-0.25, -0.2) is 4.39 Å². The Morgan fingerprint density at radius 2 is 2.08 bits per heavy atom. The Kier molecular flexibility index (Phi) is 5.38. The van der Waals surface area contributed by atoms with Gasteiger partial charge in [-0.05, 0) is 30.2 Å². The molecule has 0 bridgehead atoms. The summed E-state index contributed by atoms with van der Waals surface area (Å²) in [6, 6.07) is 15.0. The van der Waals surface area contributed by atoms with Crippen LogP contribution in [0.4, 0.5) is 4.39 Å². The molecule has 0 unspecified atom stereocenters. The van der Waals surface area contributed by atoms with Crippen molar-refractivity contribution < 1.29 is 18.7 Å². The highest BCUT2D eigenvalue weighted by atomic mass is 79.9. The molecule has 2 saturated heterocycles. The average molecular weight is 422 g/mol. The maximum Gasteiger partial charge on any atom is 0.128 e. The third-order valence-electron chi connectivity index (χ3n) is 5.15. The fraction of sp³-hybridized carbons (Fsp3) is 0.400. The molecule has 4 rings (SSSR count). The van der Waals surface area contributed by atoms with Crippen LogP contribution in [0.15, 0.2) is 53.0 Å². The van der Waals surface area contributed by atoms with Crippen molar-refractivity contribution in [3.8, 4) is 0 Å². The predicted molar refractivity (Wildman–Crippen MR) is 98.8 cm³/mol. The molecule has 2 heterocycles. The van der Waals surface area contributed by atoms with E-state index < -0.39 is 5.54 Å². The third kappa shape index (κ3) is 3.57. The summed E-state index contributed by atoms with van der Waals surface area (Å²) >= 11 is 3.43. The fourth-order valence-corrected chi connectivity index (χ4v) is 4.10. The summed E-state index contributed by atoms with van der Waals surface area (Å²) < 4.78 is 27.2. The van der Waals surface area contributed by atoms with Gasteiger partial charge >= 0.3 is 0 Å². The molecular formula is C20H21BrFNO3. The van der Waals surface area contributed by atoms with Crippen molar-refractivity contribution in [1.29, 1.82) is 0 Å². The summed E-state index contributed by atoms with van der Waals surface area (Å²) in [4.78, 5) is 5.51. The Labute approximate surface area is 160 Å². The van der Waals surface area contributed by atoms with Crippen molar-refractivity contribution in [2.24, 2.45) is 5.92 Å². The minimum absolute atomic E-state index is 0.0180. The van der Waals surface area contributed by atoms with Crippen LogP contribution in [0.3, 0.4) is 0 Å². The normalized spacial score (nSPS) is 28.1. The van der Waals surface area contributed by atoms with E-state index in [4.69, 9.17) is 14.3 Å². The van der Waals surface area contributed by atoms with Crippen molar-refractivity contribution >= 4 is 15.9 Å². The number of ether oxygens (including phenoxy) is 2. The van der Waals surface area contributed by atoms with E-state index in [0.717, 1.165) is 16.5 Å². The molecule has 0 amide bonds. The molecule has 0 aliphatic carbocycles. The number of halogens is 2. The molecule has 1 N–H and O–H groups in total. The molecule has 138 valence electrons.